The molecule has 6 rings (SSSR count). The number of halogens is 1. The standard InChI is InChI=1S/C33H33FN4O/c1-2-14-36-33(39)25-5-3-22(4-6-25)27-19-29-18-26(13-17-38(29)21-27)30-20-37-32(24-7-9-28(34)10-8-24)31(30)23-11-15-35-16-12-23/h3-12,15-16,18,20,27,29,37H,2,13-14,17,19,21H2,1H3,(H,36,39)/t27-,29-/m1/s1. The van der Waals surface area contributed by atoms with Crippen molar-refractivity contribution >= 4 is 11.5 Å². The molecule has 0 unspecified atom stereocenters. The molecule has 2 aliphatic rings. The van der Waals surface area contributed by atoms with Gasteiger partial charge in [0.25, 0.3) is 5.91 Å². The lowest BCUT2D eigenvalue weighted by Crippen LogP contribution is -2.32. The Hall–Kier alpha value is -4.03. The molecular weight excluding hydrogens is 487 g/mol. The molecule has 0 radical (unpaired) electrons. The van der Waals surface area contributed by atoms with E-state index in [2.05, 4.69) is 51.5 Å². The highest BCUT2D eigenvalue weighted by atomic mass is 19.1. The average molecular weight is 521 g/mol. The predicted molar refractivity (Wildman–Crippen MR) is 154 cm³/mol. The third-order valence-corrected chi connectivity index (χ3v) is 8.02. The number of carbonyl (C=O) groups is 1. The number of fused-ring (bicyclic) bond motifs is 1. The summed E-state index contributed by atoms with van der Waals surface area (Å²) < 4.78 is 13.7. The molecule has 198 valence electrons. The van der Waals surface area contributed by atoms with Gasteiger partial charge in [-0.2, -0.15) is 0 Å². The van der Waals surface area contributed by atoms with E-state index in [0.29, 0.717) is 18.5 Å². The number of aromatic nitrogens is 2. The minimum absolute atomic E-state index is 0.00340. The van der Waals surface area contributed by atoms with Crippen LogP contribution < -0.4 is 5.32 Å². The van der Waals surface area contributed by atoms with Crippen molar-refractivity contribution in [3.63, 3.8) is 0 Å². The van der Waals surface area contributed by atoms with E-state index >= 15 is 0 Å². The number of H-pyrrole nitrogens is 1. The molecule has 0 bridgehead atoms. The number of pyridine rings is 1. The van der Waals surface area contributed by atoms with Crippen molar-refractivity contribution < 1.29 is 9.18 Å². The Morgan fingerprint density at radius 1 is 1.05 bits per heavy atom. The van der Waals surface area contributed by atoms with Crippen LogP contribution in [-0.4, -0.2) is 46.5 Å². The minimum atomic E-state index is -0.240. The van der Waals surface area contributed by atoms with Crippen LogP contribution >= 0.6 is 0 Å². The summed E-state index contributed by atoms with van der Waals surface area (Å²) in [5.41, 5.74) is 8.74. The van der Waals surface area contributed by atoms with Gasteiger partial charge in [-0.3, -0.25) is 14.7 Å². The van der Waals surface area contributed by atoms with Crippen LogP contribution in [0.15, 0.2) is 85.3 Å². The van der Waals surface area contributed by atoms with Gasteiger partial charge in [-0.05, 0) is 96.0 Å². The van der Waals surface area contributed by atoms with E-state index in [1.165, 1.54) is 28.8 Å². The van der Waals surface area contributed by atoms with Crippen LogP contribution in [0.2, 0.25) is 0 Å². The first-order valence-corrected chi connectivity index (χ1v) is 13.8. The van der Waals surface area contributed by atoms with Crippen molar-refractivity contribution in [2.45, 2.75) is 38.1 Å². The summed E-state index contributed by atoms with van der Waals surface area (Å²) in [7, 11) is 0. The maximum absolute atomic E-state index is 13.7. The number of rotatable bonds is 7. The van der Waals surface area contributed by atoms with Gasteiger partial charge in [0.2, 0.25) is 0 Å². The second-order valence-electron chi connectivity index (χ2n) is 10.5. The van der Waals surface area contributed by atoms with Gasteiger partial charge in [0.15, 0.2) is 0 Å². The normalized spacial score (nSPS) is 19.0. The monoisotopic (exact) mass is 520 g/mol. The Morgan fingerprint density at radius 2 is 1.82 bits per heavy atom. The maximum atomic E-state index is 13.7. The molecule has 2 aromatic carbocycles. The number of hydrogen-bond donors (Lipinski definition) is 2. The second-order valence-corrected chi connectivity index (χ2v) is 10.5. The largest absolute Gasteiger partial charge is 0.360 e. The number of carbonyl (C=O) groups excluding carboxylic acids is 1. The van der Waals surface area contributed by atoms with Crippen molar-refractivity contribution in [3.8, 4) is 22.4 Å². The van der Waals surface area contributed by atoms with Crippen LogP contribution in [0, 0.1) is 5.82 Å². The summed E-state index contributed by atoms with van der Waals surface area (Å²) >= 11 is 0. The van der Waals surface area contributed by atoms with Gasteiger partial charge in [0, 0.05) is 61.0 Å². The van der Waals surface area contributed by atoms with Crippen LogP contribution in [0.5, 0.6) is 0 Å². The molecule has 0 aliphatic carbocycles. The van der Waals surface area contributed by atoms with Crippen molar-refractivity contribution in [2.75, 3.05) is 19.6 Å². The van der Waals surface area contributed by atoms with E-state index in [4.69, 9.17) is 0 Å². The fourth-order valence-corrected chi connectivity index (χ4v) is 6.00. The van der Waals surface area contributed by atoms with Gasteiger partial charge in [-0.25, -0.2) is 4.39 Å². The summed E-state index contributed by atoms with van der Waals surface area (Å²) in [6.07, 6.45) is 11.1. The van der Waals surface area contributed by atoms with E-state index in [-0.39, 0.29) is 11.7 Å². The van der Waals surface area contributed by atoms with Crippen molar-refractivity contribution in [2.24, 2.45) is 0 Å². The topological polar surface area (TPSA) is 61.0 Å². The first-order chi connectivity index (χ1) is 19.1. The fourth-order valence-electron chi connectivity index (χ4n) is 6.00. The van der Waals surface area contributed by atoms with Crippen LogP contribution in [0.3, 0.4) is 0 Å². The third-order valence-electron chi connectivity index (χ3n) is 8.02. The van der Waals surface area contributed by atoms with Gasteiger partial charge in [-0.1, -0.05) is 25.1 Å². The summed E-state index contributed by atoms with van der Waals surface area (Å²) in [5, 5.41) is 2.95. The second kappa shape index (κ2) is 11.0. The van der Waals surface area contributed by atoms with Gasteiger partial charge in [0.1, 0.15) is 5.82 Å². The summed E-state index contributed by atoms with van der Waals surface area (Å²) in [4.78, 5) is 22.6. The molecule has 1 fully saturated rings. The lowest BCUT2D eigenvalue weighted by molar-refractivity contribution is 0.0953. The van der Waals surface area contributed by atoms with Gasteiger partial charge in [0.05, 0.1) is 5.69 Å². The zero-order chi connectivity index (χ0) is 26.8. The molecule has 1 saturated heterocycles. The number of nitrogens with one attached hydrogen (secondary N) is 2. The first kappa shape index (κ1) is 25.3. The van der Waals surface area contributed by atoms with E-state index in [1.807, 2.05) is 48.8 Å². The van der Waals surface area contributed by atoms with Crippen LogP contribution in [0.4, 0.5) is 4.39 Å². The molecule has 4 aromatic rings. The Balaban J connectivity index is 1.26. The molecule has 2 N–H and O–H groups in total. The molecule has 0 saturated carbocycles. The lowest BCUT2D eigenvalue weighted by atomic mass is 9.90. The number of amides is 1. The zero-order valence-corrected chi connectivity index (χ0v) is 22.2. The van der Waals surface area contributed by atoms with E-state index < -0.39 is 0 Å². The van der Waals surface area contributed by atoms with E-state index in [9.17, 15) is 9.18 Å². The quantitative estimate of drug-likeness (QED) is 0.286. The summed E-state index contributed by atoms with van der Waals surface area (Å²) in [6.45, 7) is 4.79. The minimum Gasteiger partial charge on any atom is -0.360 e. The Morgan fingerprint density at radius 3 is 2.56 bits per heavy atom. The van der Waals surface area contributed by atoms with Crippen molar-refractivity contribution in [3.05, 3.63) is 108 Å². The predicted octanol–water partition coefficient (Wildman–Crippen LogP) is 6.67. The molecule has 4 heterocycles. The number of benzene rings is 2. The van der Waals surface area contributed by atoms with E-state index in [0.717, 1.165) is 60.3 Å². The van der Waals surface area contributed by atoms with Gasteiger partial charge >= 0.3 is 0 Å². The average Bonchev–Trinajstić information content (AvgIpc) is 3.61. The number of nitrogens with zero attached hydrogens (tertiary/aromatic N) is 2. The van der Waals surface area contributed by atoms with E-state index in [1.54, 1.807) is 0 Å². The molecule has 0 spiro atoms. The highest BCUT2D eigenvalue weighted by molar-refractivity contribution is 5.94. The molecule has 6 heteroatoms. The zero-order valence-electron chi connectivity index (χ0n) is 22.2. The first-order valence-electron chi connectivity index (χ1n) is 13.8. The summed E-state index contributed by atoms with van der Waals surface area (Å²) in [6, 6.07) is 19.3. The Kier molecular flexibility index (Phi) is 7.12. The van der Waals surface area contributed by atoms with Crippen LogP contribution in [0.1, 0.15) is 53.6 Å². The molecule has 2 aliphatic heterocycles. The molecular formula is C33H33FN4O. The maximum Gasteiger partial charge on any atom is 0.251 e. The number of aromatic amines is 1. The van der Waals surface area contributed by atoms with Crippen molar-refractivity contribution in [1.29, 1.82) is 0 Å². The highest BCUT2D eigenvalue weighted by Gasteiger charge is 2.34. The Labute approximate surface area is 228 Å². The Bertz CT molecular complexity index is 1470. The lowest BCUT2D eigenvalue weighted by Gasteiger charge is -2.28. The van der Waals surface area contributed by atoms with Gasteiger partial charge < -0.3 is 10.3 Å². The summed E-state index contributed by atoms with van der Waals surface area (Å²) in [5.74, 6) is 0.201. The molecule has 2 atom stereocenters. The SMILES string of the molecule is CCCNC(=O)c1ccc([C@@H]2C[C@H]3C=C(c4c[nH]c(-c5ccc(F)cc5)c4-c4ccncc4)CCN3C2)cc1. The smallest absolute Gasteiger partial charge is 0.251 e. The molecule has 2 aromatic heterocycles. The highest BCUT2D eigenvalue weighted by Crippen LogP contribution is 2.42. The molecule has 1 amide bonds. The van der Waals surface area contributed by atoms with Crippen LogP contribution in [-0.2, 0) is 0 Å². The van der Waals surface area contributed by atoms with Gasteiger partial charge in [-0.15, -0.1) is 0 Å². The number of hydrogen-bond acceptors (Lipinski definition) is 3. The molecule has 39 heavy (non-hydrogen) atoms. The van der Waals surface area contributed by atoms with Crippen molar-refractivity contribution in [1.82, 2.24) is 20.2 Å². The molecule has 5 nitrogen and oxygen atoms in total. The van der Waals surface area contributed by atoms with Crippen LogP contribution in [0.25, 0.3) is 28.0 Å². The fraction of sp³-hybridized carbons (Fsp3) is 0.273. The third kappa shape index (κ3) is 5.17.